The van der Waals surface area contributed by atoms with Crippen LogP contribution in [0.5, 0.6) is 0 Å². The number of nitrogens with one attached hydrogen (secondary N) is 2. The van der Waals surface area contributed by atoms with Gasteiger partial charge in [0, 0.05) is 30.9 Å². The van der Waals surface area contributed by atoms with Gasteiger partial charge < -0.3 is 14.8 Å². The van der Waals surface area contributed by atoms with Crippen LogP contribution in [0.1, 0.15) is 31.4 Å². The average Bonchev–Trinajstić information content (AvgIpc) is 2.72. The van der Waals surface area contributed by atoms with Crippen molar-refractivity contribution < 1.29 is 22.7 Å². The van der Waals surface area contributed by atoms with Crippen LogP contribution in [-0.4, -0.2) is 46.5 Å². The molecular formula is C23H32N2O5S. The number of anilines is 2. The summed E-state index contributed by atoms with van der Waals surface area (Å²) in [5, 5.41) is 3.39. The summed E-state index contributed by atoms with van der Waals surface area (Å²) in [6, 6.07) is 15.4. The lowest BCUT2D eigenvalue weighted by molar-refractivity contribution is -0.156. The van der Waals surface area contributed by atoms with Gasteiger partial charge >= 0.3 is 5.97 Å². The van der Waals surface area contributed by atoms with Crippen molar-refractivity contribution in [3.05, 3.63) is 59.7 Å². The number of aryl methyl sites for hydroxylation is 1. The Morgan fingerprint density at radius 2 is 1.55 bits per heavy atom. The van der Waals surface area contributed by atoms with E-state index in [1.807, 2.05) is 43.3 Å². The van der Waals surface area contributed by atoms with E-state index in [-0.39, 0.29) is 5.97 Å². The van der Waals surface area contributed by atoms with E-state index in [1.54, 1.807) is 19.1 Å². The van der Waals surface area contributed by atoms with E-state index in [4.69, 9.17) is 9.47 Å². The normalized spacial score (nSPS) is 12.2. The van der Waals surface area contributed by atoms with Gasteiger partial charge in [-0.1, -0.05) is 24.3 Å². The number of carbonyl (C=O) groups is 1. The van der Waals surface area contributed by atoms with Gasteiger partial charge in [-0.2, -0.15) is 0 Å². The molecule has 0 aliphatic heterocycles. The predicted molar refractivity (Wildman–Crippen MR) is 124 cm³/mol. The summed E-state index contributed by atoms with van der Waals surface area (Å²) in [5.41, 5.74) is 3.75. The fraction of sp³-hybridized carbons (Fsp3) is 0.435. The SMILES string of the molecule is CCOC(=O)C(Cc1ccc(NCCCc2ccc(NS(C)(=O)=O)cc2)cc1)OCC. The van der Waals surface area contributed by atoms with Crippen LogP contribution < -0.4 is 10.0 Å². The smallest absolute Gasteiger partial charge is 0.335 e. The topological polar surface area (TPSA) is 93.7 Å². The zero-order chi connectivity index (χ0) is 22.7. The quantitative estimate of drug-likeness (QED) is 0.359. The summed E-state index contributed by atoms with van der Waals surface area (Å²) in [6.45, 7) is 5.26. The van der Waals surface area contributed by atoms with Gasteiger partial charge in [-0.15, -0.1) is 0 Å². The zero-order valence-corrected chi connectivity index (χ0v) is 19.2. The first-order valence-electron chi connectivity index (χ1n) is 10.5. The minimum Gasteiger partial charge on any atom is -0.464 e. The Morgan fingerprint density at radius 3 is 2.13 bits per heavy atom. The van der Waals surface area contributed by atoms with Crippen molar-refractivity contribution in [3.63, 3.8) is 0 Å². The molecule has 2 N–H and O–H groups in total. The van der Waals surface area contributed by atoms with Crippen molar-refractivity contribution in [3.8, 4) is 0 Å². The van der Waals surface area contributed by atoms with Crippen LogP contribution in [0.15, 0.2) is 48.5 Å². The molecule has 0 radical (unpaired) electrons. The van der Waals surface area contributed by atoms with Crippen LogP contribution in [0.4, 0.5) is 11.4 Å². The van der Waals surface area contributed by atoms with Crippen LogP contribution in [0.2, 0.25) is 0 Å². The maximum atomic E-state index is 12.0. The fourth-order valence-corrected chi connectivity index (χ4v) is 3.66. The molecule has 170 valence electrons. The van der Waals surface area contributed by atoms with Gasteiger partial charge in [-0.25, -0.2) is 13.2 Å². The summed E-state index contributed by atoms with van der Waals surface area (Å²) in [6.07, 6.45) is 2.87. The molecule has 1 unspecified atom stereocenters. The van der Waals surface area contributed by atoms with E-state index in [2.05, 4.69) is 10.0 Å². The summed E-state index contributed by atoms with van der Waals surface area (Å²) < 4.78 is 35.5. The van der Waals surface area contributed by atoms with Crippen molar-refractivity contribution in [2.75, 3.05) is 36.1 Å². The van der Waals surface area contributed by atoms with Crippen LogP contribution in [-0.2, 0) is 37.1 Å². The monoisotopic (exact) mass is 448 g/mol. The Balaban J connectivity index is 1.77. The lowest BCUT2D eigenvalue weighted by Gasteiger charge is -2.16. The first kappa shape index (κ1) is 24.7. The Labute approximate surface area is 185 Å². The molecule has 0 saturated heterocycles. The van der Waals surface area contributed by atoms with Crippen molar-refractivity contribution in [1.29, 1.82) is 0 Å². The van der Waals surface area contributed by atoms with Crippen molar-refractivity contribution in [2.45, 2.75) is 39.2 Å². The molecule has 2 aromatic rings. The highest BCUT2D eigenvalue weighted by Gasteiger charge is 2.20. The number of hydrogen-bond acceptors (Lipinski definition) is 6. The van der Waals surface area contributed by atoms with Crippen molar-refractivity contribution >= 4 is 27.4 Å². The lowest BCUT2D eigenvalue weighted by Crippen LogP contribution is -2.28. The molecular weight excluding hydrogens is 416 g/mol. The molecule has 0 aromatic heterocycles. The Hall–Kier alpha value is -2.58. The minimum atomic E-state index is -3.25. The summed E-state index contributed by atoms with van der Waals surface area (Å²) in [7, 11) is -3.25. The minimum absolute atomic E-state index is 0.327. The molecule has 0 saturated carbocycles. The van der Waals surface area contributed by atoms with E-state index in [1.165, 1.54) is 0 Å². The largest absolute Gasteiger partial charge is 0.464 e. The van der Waals surface area contributed by atoms with E-state index in [9.17, 15) is 13.2 Å². The predicted octanol–water partition coefficient (Wildman–Crippen LogP) is 3.61. The molecule has 8 heteroatoms. The number of benzene rings is 2. The second kappa shape index (κ2) is 12.3. The van der Waals surface area contributed by atoms with Gasteiger partial charge in [-0.05, 0) is 62.1 Å². The van der Waals surface area contributed by atoms with Crippen molar-refractivity contribution in [2.24, 2.45) is 0 Å². The van der Waals surface area contributed by atoms with E-state index < -0.39 is 16.1 Å². The molecule has 2 rings (SSSR count). The lowest BCUT2D eigenvalue weighted by atomic mass is 10.1. The van der Waals surface area contributed by atoms with E-state index in [0.29, 0.717) is 25.3 Å². The maximum absolute atomic E-state index is 12.0. The molecule has 7 nitrogen and oxygen atoms in total. The Bertz CT molecular complexity index is 912. The first-order chi connectivity index (χ1) is 14.8. The van der Waals surface area contributed by atoms with E-state index in [0.717, 1.165) is 42.5 Å². The number of hydrogen-bond donors (Lipinski definition) is 2. The molecule has 0 fully saturated rings. The van der Waals surface area contributed by atoms with Crippen LogP contribution in [0.25, 0.3) is 0 Å². The third-order valence-electron chi connectivity index (χ3n) is 4.52. The number of ether oxygens (including phenoxy) is 2. The number of carbonyl (C=O) groups excluding carboxylic acids is 1. The number of esters is 1. The van der Waals surface area contributed by atoms with Gasteiger partial charge in [0.15, 0.2) is 6.10 Å². The van der Waals surface area contributed by atoms with Crippen LogP contribution >= 0.6 is 0 Å². The molecule has 0 spiro atoms. The highest BCUT2D eigenvalue weighted by molar-refractivity contribution is 7.92. The molecule has 1 atom stereocenters. The van der Waals surface area contributed by atoms with Crippen LogP contribution in [0, 0.1) is 0 Å². The highest BCUT2D eigenvalue weighted by Crippen LogP contribution is 2.15. The Morgan fingerprint density at radius 1 is 0.935 bits per heavy atom. The van der Waals surface area contributed by atoms with Crippen molar-refractivity contribution in [1.82, 2.24) is 0 Å². The molecule has 0 heterocycles. The van der Waals surface area contributed by atoms with E-state index >= 15 is 0 Å². The van der Waals surface area contributed by atoms with Crippen LogP contribution in [0.3, 0.4) is 0 Å². The first-order valence-corrected chi connectivity index (χ1v) is 12.4. The molecule has 0 aliphatic rings. The Kier molecular flexibility index (Phi) is 9.81. The van der Waals surface area contributed by atoms with Gasteiger partial charge in [0.2, 0.25) is 10.0 Å². The van der Waals surface area contributed by atoms with Gasteiger partial charge in [0.25, 0.3) is 0 Å². The molecule has 0 aliphatic carbocycles. The second-order valence-corrected chi connectivity index (χ2v) is 8.95. The highest BCUT2D eigenvalue weighted by atomic mass is 32.2. The standard InChI is InChI=1S/C23H32N2O5S/c1-4-29-22(23(26)30-5-2)17-19-10-12-20(13-11-19)24-16-6-7-18-8-14-21(15-9-18)25-31(3,27)28/h8-15,22,24-25H,4-7,16-17H2,1-3H3. The summed E-state index contributed by atoms with van der Waals surface area (Å²) >= 11 is 0. The molecule has 0 bridgehead atoms. The number of sulfonamides is 1. The number of rotatable bonds is 13. The molecule has 0 amide bonds. The molecule has 31 heavy (non-hydrogen) atoms. The third kappa shape index (κ3) is 9.40. The van der Waals surface area contributed by atoms with Gasteiger partial charge in [-0.3, -0.25) is 4.72 Å². The fourth-order valence-electron chi connectivity index (χ4n) is 3.10. The maximum Gasteiger partial charge on any atom is 0.335 e. The second-order valence-electron chi connectivity index (χ2n) is 7.20. The molecule has 2 aromatic carbocycles. The summed E-state index contributed by atoms with van der Waals surface area (Å²) in [5.74, 6) is -0.327. The summed E-state index contributed by atoms with van der Waals surface area (Å²) in [4.78, 5) is 12.0. The van der Waals surface area contributed by atoms with Gasteiger partial charge in [0.1, 0.15) is 0 Å². The average molecular weight is 449 g/mol. The zero-order valence-electron chi connectivity index (χ0n) is 18.4. The third-order valence-corrected chi connectivity index (χ3v) is 5.13. The van der Waals surface area contributed by atoms with Gasteiger partial charge in [0.05, 0.1) is 12.9 Å².